The molecule has 0 radical (unpaired) electrons. The maximum Gasteiger partial charge on any atom is 0.325 e. The third-order valence-corrected chi connectivity index (χ3v) is 4.00. The number of aromatic amines is 1. The van der Waals surface area contributed by atoms with Crippen molar-refractivity contribution in [2.75, 3.05) is 6.61 Å². The number of rotatable bonds is 8. The Balaban J connectivity index is 1.98. The fourth-order valence-corrected chi connectivity index (χ4v) is 2.48. The Morgan fingerprint density at radius 2 is 1.88 bits per heavy atom. The monoisotopic (exact) mass is 362 g/mol. The summed E-state index contributed by atoms with van der Waals surface area (Å²) in [7, 11) is 0. The molecule has 1 aromatic heterocycles. The van der Waals surface area contributed by atoms with Crippen LogP contribution in [-0.2, 0) is 20.8 Å². The van der Waals surface area contributed by atoms with E-state index in [4.69, 9.17) is 10.8 Å². The van der Waals surface area contributed by atoms with Gasteiger partial charge in [-0.25, -0.2) is 0 Å². The van der Waals surface area contributed by atoms with E-state index in [2.05, 4.69) is 15.6 Å². The number of carbonyl (C=O) groups is 3. The summed E-state index contributed by atoms with van der Waals surface area (Å²) in [5.41, 5.74) is 7.69. The number of H-pyrrole nitrogens is 1. The Bertz CT molecular complexity index is 803. The molecule has 0 aliphatic heterocycles. The van der Waals surface area contributed by atoms with Crippen LogP contribution in [0.2, 0.25) is 0 Å². The zero-order chi connectivity index (χ0) is 19.3. The SMILES string of the molecule is C[C@H](NC(=O)[C@H](CO)NC(=O)[C@@H](N)Cc1c[nH]c2ccccc12)C(=O)O. The van der Waals surface area contributed by atoms with Crippen molar-refractivity contribution in [1.29, 1.82) is 0 Å². The first-order valence-electron chi connectivity index (χ1n) is 8.08. The minimum atomic E-state index is -1.28. The Hall–Kier alpha value is -2.91. The molecule has 0 unspecified atom stereocenters. The van der Waals surface area contributed by atoms with Gasteiger partial charge in [0.15, 0.2) is 0 Å². The lowest BCUT2D eigenvalue weighted by Gasteiger charge is -2.20. The highest BCUT2D eigenvalue weighted by molar-refractivity contribution is 5.92. The van der Waals surface area contributed by atoms with Crippen molar-refractivity contribution in [2.24, 2.45) is 5.73 Å². The van der Waals surface area contributed by atoms with E-state index >= 15 is 0 Å². The number of aliphatic hydroxyl groups is 1. The topological polar surface area (TPSA) is 158 Å². The average molecular weight is 362 g/mol. The molecule has 0 bridgehead atoms. The van der Waals surface area contributed by atoms with Crippen LogP contribution >= 0.6 is 0 Å². The predicted molar refractivity (Wildman–Crippen MR) is 94.2 cm³/mol. The van der Waals surface area contributed by atoms with Crippen LogP contribution in [0.1, 0.15) is 12.5 Å². The molecule has 1 heterocycles. The van der Waals surface area contributed by atoms with E-state index in [0.717, 1.165) is 16.5 Å². The number of benzene rings is 1. The molecule has 2 amide bonds. The molecule has 0 saturated carbocycles. The summed E-state index contributed by atoms with van der Waals surface area (Å²) in [6, 6.07) is 4.21. The van der Waals surface area contributed by atoms with Gasteiger partial charge < -0.3 is 31.6 Å². The van der Waals surface area contributed by atoms with E-state index in [0.29, 0.717) is 0 Å². The minimum Gasteiger partial charge on any atom is -0.480 e. The Kier molecular flexibility index (Phi) is 6.31. The largest absolute Gasteiger partial charge is 0.480 e. The number of fused-ring (bicyclic) bond motifs is 1. The summed E-state index contributed by atoms with van der Waals surface area (Å²) in [6.45, 7) is 0.600. The number of nitrogens with two attached hydrogens (primary N) is 1. The van der Waals surface area contributed by atoms with Crippen LogP contribution in [0.15, 0.2) is 30.5 Å². The minimum absolute atomic E-state index is 0.237. The molecule has 1 aromatic carbocycles. The Morgan fingerprint density at radius 1 is 1.19 bits per heavy atom. The van der Waals surface area contributed by atoms with Gasteiger partial charge in [-0.2, -0.15) is 0 Å². The molecule has 140 valence electrons. The molecular weight excluding hydrogens is 340 g/mol. The molecule has 0 spiro atoms. The molecule has 0 aliphatic rings. The lowest BCUT2D eigenvalue weighted by Crippen LogP contribution is -2.55. The summed E-state index contributed by atoms with van der Waals surface area (Å²) in [5.74, 6) is -2.64. The van der Waals surface area contributed by atoms with Gasteiger partial charge in [0.2, 0.25) is 11.8 Å². The van der Waals surface area contributed by atoms with Gasteiger partial charge in [0.05, 0.1) is 12.6 Å². The van der Waals surface area contributed by atoms with Crippen molar-refractivity contribution < 1.29 is 24.6 Å². The van der Waals surface area contributed by atoms with Crippen molar-refractivity contribution in [2.45, 2.75) is 31.5 Å². The number of aliphatic carboxylic acids is 1. The molecule has 0 saturated heterocycles. The lowest BCUT2D eigenvalue weighted by atomic mass is 10.0. The van der Waals surface area contributed by atoms with Crippen LogP contribution in [0.25, 0.3) is 10.9 Å². The third-order valence-electron chi connectivity index (χ3n) is 4.00. The smallest absolute Gasteiger partial charge is 0.325 e. The second kappa shape index (κ2) is 8.45. The third kappa shape index (κ3) is 4.58. The lowest BCUT2D eigenvalue weighted by molar-refractivity contribution is -0.142. The van der Waals surface area contributed by atoms with Crippen LogP contribution in [0, 0.1) is 0 Å². The zero-order valence-electron chi connectivity index (χ0n) is 14.2. The number of amides is 2. The molecule has 26 heavy (non-hydrogen) atoms. The first kappa shape index (κ1) is 19.4. The zero-order valence-corrected chi connectivity index (χ0v) is 14.2. The number of aliphatic hydroxyl groups excluding tert-OH is 1. The number of carboxylic acids is 1. The van der Waals surface area contributed by atoms with Gasteiger partial charge >= 0.3 is 5.97 Å². The molecule has 2 rings (SSSR count). The molecule has 3 atom stereocenters. The number of aromatic nitrogens is 1. The van der Waals surface area contributed by atoms with Gasteiger partial charge in [-0.05, 0) is 25.0 Å². The fourth-order valence-electron chi connectivity index (χ4n) is 2.48. The van der Waals surface area contributed by atoms with Gasteiger partial charge in [0.1, 0.15) is 12.1 Å². The number of hydrogen-bond donors (Lipinski definition) is 6. The van der Waals surface area contributed by atoms with Crippen LogP contribution in [0.4, 0.5) is 0 Å². The van der Waals surface area contributed by atoms with Gasteiger partial charge in [0, 0.05) is 17.1 Å². The van der Waals surface area contributed by atoms with Gasteiger partial charge in [-0.1, -0.05) is 18.2 Å². The summed E-state index contributed by atoms with van der Waals surface area (Å²) in [5, 5.41) is 23.6. The summed E-state index contributed by atoms with van der Waals surface area (Å²) in [6.07, 6.45) is 2.00. The first-order chi connectivity index (χ1) is 12.3. The number of para-hydroxylation sites is 1. The summed E-state index contributed by atoms with van der Waals surface area (Å²) >= 11 is 0. The van der Waals surface area contributed by atoms with Gasteiger partial charge in [0.25, 0.3) is 0 Å². The number of hydrogen-bond acceptors (Lipinski definition) is 5. The molecule has 2 aromatic rings. The first-order valence-corrected chi connectivity index (χ1v) is 8.08. The van der Waals surface area contributed by atoms with E-state index in [9.17, 15) is 19.5 Å². The van der Waals surface area contributed by atoms with Gasteiger partial charge in [-0.15, -0.1) is 0 Å². The highest BCUT2D eigenvalue weighted by atomic mass is 16.4. The Morgan fingerprint density at radius 3 is 2.54 bits per heavy atom. The Labute approximate surface area is 149 Å². The van der Waals surface area contributed by atoms with Crippen LogP contribution in [-0.4, -0.2) is 57.7 Å². The molecule has 9 nitrogen and oxygen atoms in total. The number of carbonyl (C=O) groups excluding carboxylic acids is 2. The number of carboxylic acid groups (broad SMARTS) is 1. The maximum absolute atomic E-state index is 12.2. The van der Waals surface area contributed by atoms with Crippen LogP contribution < -0.4 is 16.4 Å². The van der Waals surface area contributed by atoms with Crippen molar-refractivity contribution in [1.82, 2.24) is 15.6 Å². The van der Waals surface area contributed by atoms with E-state index in [1.165, 1.54) is 6.92 Å². The van der Waals surface area contributed by atoms with E-state index < -0.39 is 42.5 Å². The normalized spacial score (nSPS) is 14.4. The van der Waals surface area contributed by atoms with Crippen LogP contribution in [0.3, 0.4) is 0 Å². The van der Waals surface area contributed by atoms with Crippen molar-refractivity contribution in [3.05, 3.63) is 36.0 Å². The molecule has 0 fully saturated rings. The van der Waals surface area contributed by atoms with E-state index in [-0.39, 0.29) is 6.42 Å². The number of nitrogens with one attached hydrogen (secondary N) is 3. The predicted octanol–water partition coefficient (Wildman–Crippen LogP) is -0.896. The molecule has 0 aliphatic carbocycles. The molecule has 9 heteroatoms. The standard InChI is InChI=1S/C17H22N4O5/c1-9(17(25)26)20-16(24)14(8-22)21-15(23)12(18)6-10-7-19-13-5-3-2-4-11(10)13/h2-5,7,9,12,14,19,22H,6,8,18H2,1H3,(H,20,24)(H,21,23)(H,25,26)/t9-,12-,14-/m0/s1. The fraction of sp³-hybridized carbons (Fsp3) is 0.353. The van der Waals surface area contributed by atoms with E-state index in [1.54, 1.807) is 6.20 Å². The second-order valence-corrected chi connectivity index (χ2v) is 5.98. The summed E-state index contributed by atoms with van der Waals surface area (Å²) < 4.78 is 0. The highest BCUT2D eigenvalue weighted by Gasteiger charge is 2.26. The summed E-state index contributed by atoms with van der Waals surface area (Å²) in [4.78, 5) is 38.1. The second-order valence-electron chi connectivity index (χ2n) is 5.98. The van der Waals surface area contributed by atoms with Crippen molar-refractivity contribution >= 4 is 28.7 Å². The van der Waals surface area contributed by atoms with E-state index in [1.807, 2.05) is 24.3 Å². The highest BCUT2D eigenvalue weighted by Crippen LogP contribution is 2.18. The van der Waals surface area contributed by atoms with Crippen molar-refractivity contribution in [3.63, 3.8) is 0 Å². The molecule has 7 N–H and O–H groups in total. The maximum atomic E-state index is 12.2. The van der Waals surface area contributed by atoms with Crippen molar-refractivity contribution in [3.8, 4) is 0 Å². The average Bonchev–Trinajstić information content (AvgIpc) is 3.02. The van der Waals surface area contributed by atoms with Gasteiger partial charge in [-0.3, -0.25) is 14.4 Å². The van der Waals surface area contributed by atoms with Crippen LogP contribution in [0.5, 0.6) is 0 Å². The quantitative estimate of drug-likeness (QED) is 0.357. The molecular formula is C17H22N4O5.